The number of hydrogen-bond acceptors (Lipinski definition) is 4. The summed E-state index contributed by atoms with van der Waals surface area (Å²) in [4.78, 5) is 18.7. The van der Waals surface area contributed by atoms with E-state index in [9.17, 15) is 4.79 Å². The average molecular weight is 433 g/mol. The lowest BCUT2D eigenvalue weighted by molar-refractivity contribution is -0.128. The van der Waals surface area contributed by atoms with Gasteiger partial charge in [0.2, 0.25) is 17.6 Å². The van der Waals surface area contributed by atoms with Crippen molar-refractivity contribution in [3.63, 3.8) is 0 Å². The molecule has 2 aromatic carbocycles. The summed E-state index contributed by atoms with van der Waals surface area (Å²) in [5, 5.41) is 4.72. The van der Waals surface area contributed by atoms with Crippen molar-refractivity contribution in [2.75, 3.05) is 6.54 Å². The molecule has 1 saturated heterocycles. The number of benzene rings is 2. The van der Waals surface area contributed by atoms with Crippen molar-refractivity contribution in [3.05, 3.63) is 69.5 Å². The molecular weight excluding hydrogens is 418 g/mol. The first-order valence-corrected chi connectivity index (χ1v) is 9.38. The third kappa shape index (κ3) is 3.52. The second-order valence-corrected chi connectivity index (χ2v) is 7.55. The van der Waals surface area contributed by atoms with E-state index in [1.165, 1.54) is 0 Å². The Morgan fingerprint density at radius 3 is 2.73 bits per heavy atom. The molecule has 1 aliphatic heterocycles. The molecule has 0 spiro atoms. The van der Waals surface area contributed by atoms with Gasteiger partial charge in [-0.3, -0.25) is 4.79 Å². The molecule has 0 N–H and O–H groups in total. The molecule has 0 saturated carbocycles. The molecule has 1 aliphatic rings. The molecule has 3 aromatic rings. The minimum atomic E-state index is -0.0957. The molecule has 132 valence electrons. The third-order valence-electron chi connectivity index (χ3n) is 4.43. The van der Waals surface area contributed by atoms with E-state index in [1.807, 2.05) is 48.5 Å². The summed E-state index contributed by atoms with van der Waals surface area (Å²) in [7, 11) is 0. The monoisotopic (exact) mass is 431 g/mol. The quantitative estimate of drug-likeness (QED) is 0.601. The summed E-state index contributed by atoms with van der Waals surface area (Å²) in [6.07, 6.45) is 0.367. The number of halogens is 2. The van der Waals surface area contributed by atoms with Crippen LogP contribution in [0.3, 0.4) is 0 Å². The number of amides is 1. The number of nitrogens with zero attached hydrogens (tertiary/aromatic N) is 3. The molecule has 1 fully saturated rings. The molecule has 26 heavy (non-hydrogen) atoms. The fraction of sp³-hybridized carbons (Fsp3) is 0.211. The number of hydrogen-bond donors (Lipinski definition) is 0. The molecule has 0 bridgehead atoms. The number of rotatable bonds is 4. The Balaban J connectivity index is 1.49. The SMILES string of the molecule is O=C1CC(c2nc(-c3ccc(Br)cc3)no2)CN1Cc1ccccc1Cl. The van der Waals surface area contributed by atoms with E-state index in [2.05, 4.69) is 26.1 Å². The van der Waals surface area contributed by atoms with Gasteiger partial charge in [-0.25, -0.2) is 0 Å². The molecule has 1 aromatic heterocycles. The maximum atomic E-state index is 12.4. The Labute approximate surface area is 164 Å². The zero-order valence-corrected chi connectivity index (χ0v) is 16.1. The highest BCUT2D eigenvalue weighted by atomic mass is 79.9. The van der Waals surface area contributed by atoms with Gasteiger partial charge < -0.3 is 9.42 Å². The fourth-order valence-corrected chi connectivity index (χ4v) is 3.50. The van der Waals surface area contributed by atoms with Crippen molar-refractivity contribution in [2.24, 2.45) is 0 Å². The summed E-state index contributed by atoms with van der Waals surface area (Å²) in [6, 6.07) is 15.2. The average Bonchev–Trinajstić information content (AvgIpc) is 3.25. The van der Waals surface area contributed by atoms with Crippen LogP contribution in [0.2, 0.25) is 5.02 Å². The van der Waals surface area contributed by atoms with Gasteiger partial charge in [-0.1, -0.05) is 50.9 Å². The largest absolute Gasteiger partial charge is 0.339 e. The van der Waals surface area contributed by atoms with Gasteiger partial charge in [0, 0.05) is 34.6 Å². The zero-order chi connectivity index (χ0) is 18.1. The van der Waals surface area contributed by atoms with E-state index in [0.29, 0.717) is 36.2 Å². The Hall–Kier alpha value is -2.18. The third-order valence-corrected chi connectivity index (χ3v) is 5.32. The van der Waals surface area contributed by atoms with Gasteiger partial charge in [0.1, 0.15) is 0 Å². The zero-order valence-electron chi connectivity index (χ0n) is 13.7. The first-order chi connectivity index (χ1) is 12.6. The predicted octanol–water partition coefficient (Wildman–Crippen LogP) is 4.67. The lowest BCUT2D eigenvalue weighted by Gasteiger charge is -2.16. The maximum Gasteiger partial charge on any atom is 0.232 e. The normalized spacial score (nSPS) is 17.1. The Bertz CT molecular complexity index is 942. The predicted molar refractivity (Wildman–Crippen MR) is 102 cm³/mol. The van der Waals surface area contributed by atoms with Crippen LogP contribution in [0.5, 0.6) is 0 Å². The number of likely N-dealkylation sites (tertiary alicyclic amines) is 1. The van der Waals surface area contributed by atoms with Crippen LogP contribution in [-0.4, -0.2) is 27.5 Å². The summed E-state index contributed by atoms with van der Waals surface area (Å²) in [5.41, 5.74) is 1.81. The highest BCUT2D eigenvalue weighted by Gasteiger charge is 2.34. The van der Waals surface area contributed by atoms with Crippen molar-refractivity contribution in [1.29, 1.82) is 0 Å². The smallest absolute Gasteiger partial charge is 0.232 e. The molecule has 1 unspecified atom stereocenters. The first kappa shape index (κ1) is 17.2. The lowest BCUT2D eigenvalue weighted by atomic mass is 10.1. The van der Waals surface area contributed by atoms with Crippen LogP contribution < -0.4 is 0 Å². The van der Waals surface area contributed by atoms with Crippen LogP contribution in [-0.2, 0) is 11.3 Å². The van der Waals surface area contributed by atoms with Crippen LogP contribution in [0.1, 0.15) is 23.8 Å². The van der Waals surface area contributed by atoms with E-state index in [1.54, 1.807) is 4.90 Å². The van der Waals surface area contributed by atoms with E-state index in [4.69, 9.17) is 16.1 Å². The number of carbonyl (C=O) groups excluding carboxylic acids is 1. The highest BCUT2D eigenvalue weighted by Crippen LogP contribution is 2.30. The molecular formula is C19H15BrClN3O2. The highest BCUT2D eigenvalue weighted by molar-refractivity contribution is 9.10. The lowest BCUT2D eigenvalue weighted by Crippen LogP contribution is -2.24. The Kier molecular flexibility index (Phi) is 4.78. The number of aromatic nitrogens is 2. The van der Waals surface area contributed by atoms with E-state index in [-0.39, 0.29) is 11.8 Å². The molecule has 4 rings (SSSR count). The van der Waals surface area contributed by atoms with Gasteiger partial charge in [0.25, 0.3) is 0 Å². The van der Waals surface area contributed by atoms with E-state index in [0.717, 1.165) is 15.6 Å². The fourth-order valence-electron chi connectivity index (χ4n) is 3.04. The van der Waals surface area contributed by atoms with Gasteiger partial charge in [-0.05, 0) is 35.9 Å². The van der Waals surface area contributed by atoms with Crippen LogP contribution in [0.25, 0.3) is 11.4 Å². The van der Waals surface area contributed by atoms with Crippen molar-refractivity contribution < 1.29 is 9.32 Å². The summed E-state index contributed by atoms with van der Waals surface area (Å²) in [5.74, 6) is 1.00. The van der Waals surface area contributed by atoms with Crippen LogP contribution >= 0.6 is 27.5 Å². The molecule has 1 atom stereocenters. The standard InChI is InChI=1S/C19H15BrClN3O2/c20-15-7-5-12(6-8-15)18-22-19(26-23-18)14-9-17(25)24(11-14)10-13-3-1-2-4-16(13)21/h1-8,14H,9-11H2. The van der Waals surface area contributed by atoms with Gasteiger partial charge in [0.05, 0.1) is 5.92 Å². The summed E-state index contributed by atoms with van der Waals surface area (Å²) in [6.45, 7) is 1.04. The van der Waals surface area contributed by atoms with Crippen LogP contribution in [0.15, 0.2) is 57.5 Å². The van der Waals surface area contributed by atoms with Crippen molar-refractivity contribution in [1.82, 2.24) is 15.0 Å². The Morgan fingerprint density at radius 2 is 1.96 bits per heavy atom. The topological polar surface area (TPSA) is 59.2 Å². The molecule has 1 amide bonds. The summed E-state index contributed by atoms with van der Waals surface area (Å²) >= 11 is 9.61. The van der Waals surface area contributed by atoms with E-state index < -0.39 is 0 Å². The minimum absolute atomic E-state index is 0.0679. The first-order valence-electron chi connectivity index (χ1n) is 8.21. The van der Waals surface area contributed by atoms with Gasteiger partial charge >= 0.3 is 0 Å². The van der Waals surface area contributed by atoms with Gasteiger partial charge in [-0.15, -0.1) is 0 Å². The second kappa shape index (κ2) is 7.21. The maximum absolute atomic E-state index is 12.4. The van der Waals surface area contributed by atoms with Crippen LogP contribution in [0.4, 0.5) is 0 Å². The van der Waals surface area contributed by atoms with Crippen molar-refractivity contribution in [2.45, 2.75) is 18.9 Å². The molecule has 7 heteroatoms. The van der Waals surface area contributed by atoms with Crippen LogP contribution in [0, 0.1) is 0 Å². The molecule has 2 heterocycles. The Morgan fingerprint density at radius 1 is 1.19 bits per heavy atom. The van der Waals surface area contributed by atoms with E-state index >= 15 is 0 Å². The van der Waals surface area contributed by atoms with Gasteiger partial charge in [0.15, 0.2) is 0 Å². The summed E-state index contributed by atoms with van der Waals surface area (Å²) < 4.78 is 6.41. The molecule has 5 nitrogen and oxygen atoms in total. The van der Waals surface area contributed by atoms with Gasteiger partial charge in [-0.2, -0.15) is 4.98 Å². The van der Waals surface area contributed by atoms with Crippen molar-refractivity contribution in [3.8, 4) is 11.4 Å². The second-order valence-electron chi connectivity index (χ2n) is 6.23. The minimum Gasteiger partial charge on any atom is -0.339 e. The molecule has 0 radical (unpaired) electrons. The van der Waals surface area contributed by atoms with Crippen molar-refractivity contribution >= 4 is 33.4 Å². The number of carbonyl (C=O) groups is 1. The molecule has 0 aliphatic carbocycles.